The van der Waals surface area contributed by atoms with Crippen LogP contribution < -0.4 is 10.1 Å². The lowest BCUT2D eigenvalue weighted by Gasteiger charge is -2.19. The van der Waals surface area contributed by atoms with Gasteiger partial charge in [-0.25, -0.2) is 0 Å². The quantitative estimate of drug-likeness (QED) is 0.569. The molecule has 0 aliphatic heterocycles. The molecule has 1 aromatic rings. The molecule has 3 heteroatoms. The fraction of sp³-hybridized carbons (Fsp3) is 0.647. The molecule has 20 heavy (non-hydrogen) atoms. The summed E-state index contributed by atoms with van der Waals surface area (Å²) in [5, 5.41) is 3.43. The minimum absolute atomic E-state index is 0.394. The van der Waals surface area contributed by atoms with Gasteiger partial charge in [-0.3, -0.25) is 0 Å². The Labute approximate surface area is 132 Å². The largest absolute Gasteiger partial charge is 0.497 e. The summed E-state index contributed by atoms with van der Waals surface area (Å²) in [6.07, 6.45) is 9.22. The van der Waals surface area contributed by atoms with Crippen molar-refractivity contribution >= 4 is 15.9 Å². The van der Waals surface area contributed by atoms with Crippen LogP contribution in [0.15, 0.2) is 22.7 Å². The molecule has 0 fully saturated rings. The molecule has 0 bridgehead atoms. The Kier molecular flexibility index (Phi) is 8.95. The predicted octanol–water partition coefficient (Wildman–Crippen LogP) is 5.47. The van der Waals surface area contributed by atoms with Crippen molar-refractivity contribution in [3.63, 3.8) is 0 Å². The van der Waals surface area contributed by atoms with Gasteiger partial charge in [0.1, 0.15) is 5.75 Å². The molecule has 1 aromatic carbocycles. The number of nitrogens with one attached hydrogen (secondary N) is 1. The number of halogens is 1. The second-order valence-electron chi connectivity index (χ2n) is 5.29. The summed E-state index contributed by atoms with van der Waals surface area (Å²) < 4.78 is 6.48. The summed E-state index contributed by atoms with van der Waals surface area (Å²) in [5.41, 5.74) is 1.29. The number of benzene rings is 1. The molecule has 1 atom stereocenters. The SMILES string of the molecule is CCCCCCCCC(NC)c1cc(OC)ccc1Br. The van der Waals surface area contributed by atoms with E-state index < -0.39 is 0 Å². The maximum atomic E-state index is 5.33. The monoisotopic (exact) mass is 341 g/mol. The lowest BCUT2D eigenvalue weighted by atomic mass is 9.99. The summed E-state index contributed by atoms with van der Waals surface area (Å²) in [6, 6.07) is 6.58. The van der Waals surface area contributed by atoms with Gasteiger partial charge in [0.05, 0.1) is 7.11 Å². The van der Waals surface area contributed by atoms with Crippen LogP contribution in [0.25, 0.3) is 0 Å². The third-order valence-electron chi connectivity index (χ3n) is 3.77. The first-order chi connectivity index (χ1) is 9.72. The van der Waals surface area contributed by atoms with Gasteiger partial charge in [-0.05, 0) is 37.2 Å². The van der Waals surface area contributed by atoms with Crippen LogP contribution in [-0.2, 0) is 0 Å². The lowest BCUT2D eigenvalue weighted by molar-refractivity contribution is 0.412. The van der Waals surface area contributed by atoms with Crippen LogP contribution >= 0.6 is 15.9 Å². The van der Waals surface area contributed by atoms with Crippen LogP contribution in [0.5, 0.6) is 5.75 Å². The van der Waals surface area contributed by atoms with Gasteiger partial charge in [0.25, 0.3) is 0 Å². The van der Waals surface area contributed by atoms with Crippen LogP contribution in [0.1, 0.15) is 63.5 Å². The minimum Gasteiger partial charge on any atom is -0.497 e. The van der Waals surface area contributed by atoms with Gasteiger partial charge in [-0.2, -0.15) is 0 Å². The van der Waals surface area contributed by atoms with E-state index in [1.807, 2.05) is 13.1 Å². The Balaban J connectivity index is 2.49. The van der Waals surface area contributed by atoms with E-state index in [-0.39, 0.29) is 0 Å². The average Bonchev–Trinajstić information content (AvgIpc) is 2.48. The molecule has 0 saturated heterocycles. The van der Waals surface area contributed by atoms with Crippen molar-refractivity contribution in [1.82, 2.24) is 5.32 Å². The third kappa shape index (κ3) is 5.84. The van der Waals surface area contributed by atoms with E-state index >= 15 is 0 Å². The predicted molar refractivity (Wildman–Crippen MR) is 90.5 cm³/mol. The van der Waals surface area contributed by atoms with E-state index in [4.69, 9.17) is 4.74 Å². The third-order valence-corrected chi connectivity index (χ3v) is 4.50. The first-order valence-corrected chi connectivity index (χ1v) is 8.53. The fourth-order valence-electron chi connectivity index (χ4n) is 2.50. The molecular formula is C17H28BrNO. The molecule has 0 aromatic heterocycles. The van der Waals surface area contributed by atoms with Crippen LogP contribution in [-0.4, -0.2) is 14.2 Å². The molecule has 2 nitrogen and oxygen atoms in total. The standard InChI is InChI=1S/C17H28BrNO/c1-4-5-6-7-8-9-10-17(19-2)15-13-14(20-3)11-12-16(15)18/h11-13,17,19H,4-10H2,1-3H3. The zero-order valence-electron chi connectivity index (χ0n) is 13.0. The molecule has 0 saturated carbocycles. The molecular weight excluding hydrogens is 314 g/mol. The van der Waals surface area contributed by atoms with Gasteiger partial charge in [0.15, 0.2) is 0 Å². The fourth-order valence-corrected chi connectivity index (χ4v) is 3.02. The van der Waals surface area contributed by atoms with E-state index in [2.05, 4.69) is 40.3 Å². The normalized spacial score (nSPS) is 12.4. The summed E-state index contributed by atoms with van der Waals surface area (Å²) in [6.45, 7) is 2.26. The number of ether oxygens (including phenoxy) is 1. The highest BCUT2D eigenvalue weighted by Crippen LogP contribution is 2.30. The van der Waals surface area contributed by atoms with Crippen molar-refractivity contribution in [2.24, 2.45) is 0 Å². The van der Waals surface area contributed by atoms with Gasteiger partial charge in [0.2, 0.25) is 0 Å². The molecule has 1 unspecified atom stereocenters. The average molecular weight is 342 g/mol. The van der Waals surface area contributed by atoms with E-state index in [0.29, 0.717) is 6.04 Å². The van der Waals surface area contributed by atoms with Crippen molar-refractivity contribution in [2.75, 3.05) is 14.2 Å². The summed E-state index contributed by atoms with van der Waals surface area (Å²) in [5.74, 6) is 0.923. The van der Waals surface area contributed by atoms with E-state index in [9.17, 15) is 0 Å². The van der Waals surface area contributed by atoms with Crippen LogP contribution in [0.2, 0.25) is 0 Å². The Morgan fingerprint density at radius 1 is 1.15 bits per heavy atom. The highest BCUT2D eigenvalue weighted by molar-refractivity contribution is 9.10. The lowest BCUT2D eigenvalue weighted by Crippen LogP contribution is -2.16. The zero-order chi connectivity index (χ0) is 14.8. The van der Waals surface area contributed by atoms with Crippen LogP contribution in [0.3, 0.4) is 0 Å². The van der Waals surface area contributed by atoms with Gasteiger partial charge in [0, 0.05) is 10.5 Å². The number of unbranched alkanes of at least 4 members (excludes halogenated alkanes) is 5. The van der Waals surface area contributed by atoms with Crippen molar-refractivity contribution in [3.05, 3.63) is 28.2 Å². The topological polar surface area (TPSA) is 21.3 Å². The van der Waals surface area contributed by atoms with Gasteiger partial charge < -0.3 is 10.1 Å². The Hall–Kier alpha value is -0.540. The van der Waals surface area contributed by atoms with Gasteiger partial charge in [-0.15, -0.1) is 0 Å². The van der Waals surface area contributed by atoms with Crippen molar-refractivity contribution in [1.29, 1.82) is 0 Å². The Morgan fingerprint density at radius 3 is 2.50 bits per heavy atom. The van der Waals surface area contributed by atoms with Gasteiger partial charge >= 0.3 is 0 Å². The summed E-state index contributed by atoms with van der Waals surface area (Å²) >= 11 is 3.65. The first-order valence-electron chi connectivity index (χ1n) is 7.73. The Morgan fingerprint density at radius 2 is 1.85 bits per heavy atom. The Bertz CT molecular complexity index is 381. The van der Waals surface area contributed by atoms with Crippen molar-refractivity contribution < 1.29 is 4.74 Å². The smallest absolute Gasteiger partial charge is 0.119 e. The molecule has 0 aliphatic rings. The molecule has 0 spiro atoms. The highest BCUT2D eigenvalue weighted by atomic mass is 79.9. The maximum absolute atomic E-state index is 5.33. The summed E-state index contributed by atoms with van der Waals surface area (Å²) in [7, 11) is 3.75. The number of methoxy groups -OCH3 is 1. The zero-order valence-corrected chi connectivity index (χ0v) is 14.6. The molecule has 114 valence electrons. The van der Waals surface area contributed by atoms with E-state index in [1.54, 1.807) is 7.11 Å². The van der Waals surface area contributed by atoms with Crippen LogP contribution in [0, 0.1) is 0 Å². The molecule has 0 heterocycles. The first kappa shape index (κ1) is 17.5. The van der Waals surface area contributed by atoms with E-state index in [0.717, 1.165) is 10.2 Å². The molecule has 0 aliphatic carbocycles. The maximum Gasteiger partial charge on any atom is 0.119 e. The minimum atomic E-state index is 0.394. The molecule has 1 rings (SSSR count). The van der Waals surface area contributed by atoms with E-state index in [1.165, 1.54) is 50.5 Å². The summed E-state index contributed by atoms with van der Waals surface area (Å²) in [4.78, 5) is 0. The second kappa shape index (κ2) is 10.2. The number of rotatable bonds is 10. The van der Waals surface area contributed by atoms with Crippen LogP contribution in [0.4, 0.5) is 0 Å². The highest BCUT2D eigenvalue weighted by Gasteiger charge is 2.13. The van der Waals surface area contributed by atoms with Crippen molar-refractivity contribution in [3.8, 4) is 5.75 Å². The number of hydrogen-bond acceptors (Lipinski definition) is 2. The van der Waals surface area contributed by atoms with Gasteiger partial charge in [-0.1, -0.05) is 61.4 Å². The molecule has 0 amide bonds. The van der Waals surface area contributed by atoms with Crippen molar-refractivity contribution in [2.45, 2.75) is 57.9 Å². The molecule has 1 N–H and O–H groups in total. The number of hydrogen-bond donors (Lipinski definition) is 1. The molecule has 0 radical (unpaired) electrons. The second-order valence-corrected chi connectivity index (χ2v) is 6.14.